The third kappa shape index (κ3) is 7.30. The average molecular weight is 372 g/mol. The van der Waals surface area contributed by atoms with Gasteiger partial charge in [0.2, 0.25) is 5.91 Å². The van der Waals surface area contributed by atoms with Crippen LogP contribution in [0.15, 0.2) is 22.7 Å². The minimum atomic E-state index is -4.78. The van der Waals surface area contributed by atoms with E-state index in [1.54, 1.807) is 0 Å². The number of carbonyl (C=O) groups is 1. The number of rotatable bonds is 7. The van der Waals surface area contributed by atoms with Crippen molar-refractivity contribution in [3.8, 4) is 5.75 Å². The van der Waals surface area contributed by atoms with Gasteiger partial charge in [-0.15, -0.1) is 13.2 Å². The molecule has 5 nitrogen and oxygen atoms in total. The molecule has 1 aromatic carbocycles. The van der Waals surface area contributed by atoms with Crippen molar-refractivity contribution in [3.63, 3.8) is 0 Å². The highest BCUT2D eigenvalue weighted by Gasteiger charge is 2.31. The van der Waals surface area contributed by atoms with E-state index in [1.807, 2.05) is 0 Å². The number of benzene rings is 1. The predicted octanol–water partition coefficient (Wildman–Crippen LogP) is 2.95. The summed E-state index contributed by atoms with van der Waals surface area (Å²) in [5.41, 5.74) is 0.316. The van der Waals surface area contributed by atoms with Gasteiger partial charge in [-0.2, -0.15) is 0 Å². The molecule has 0 atom stereocenters. The van der Waals surface area contributed by atoms with Gasteiger partial charge in [-0.1, -0.05) is 0 Å². The van der Waals surface area contributed by atoms with E-state index >= 15 is 0 Å². The van der Waals surface area contributed by atoms with Crippen LogP contribution < -0.4 is 10.1 Å². The van der Waals surface area contributed by atoms with Gasteiger partial charge in [-0.05, 0) is 34.1 Å². The zero-order valence-electron chi connectivity index (χ0n) is 11.0. The van der Waals surface area contributed by atoms with Gasteiger partial charge >= 0.3 is 6.36 Å². The average Bonchev–Trinajstić information content (AvgIpc) is 2.37. The lowest BCUT2D eigenvalue weighted by atomic mass is 10.3. The van der Waals surface area contributed by atoms with Gasteiger partial charge in [-0.25, -0.2) is 0 Å². The molecule has 21 heavy (non-hydrogen) atoms. The summed E-state index contributed by atoms with van der Waals surface area (Å²) >= 11 is 2.94. The molecule has 9 heteroatoms. The normalized spacial score (nSPS) is 11.3. The van der Waals surface area contributed by atoms with Crippen LogP contribution in [-0.2, 0) is 14.3 Å². The van der Waals surface area contributed by atoms with E-state index in [0.717, 1.165) is 6.07 Å². The van der Waals surface area contributed by atoms with Crippen LogP contribution in [0.3, 0.4) is 0 Å². The number of hydrogen-bond acceptors (Lipinski definition) is 4. The maximum atomic E-state index is 12.1. The Morgan fingerprint density at radius 2 is 2.05 bits per heavy atom. The molecule has 0 bridgehead atoms. The Morgan fingerprint density at radius 3 is 2.62 bits per heavy atom. The molecule has 0 radical (unpaired) electrons. The van der Waals surface area contributed by atoms with Crippen LogP contribution in [-0.4, -0.2) is 39.2 Å². The van der Waals surface area contributed by atoms with Crippen LogP contribution >= 0.6 is 15.9 Å². The highest BCUT2D eigenvalue weighted by Crippen LogP contribution is 2.32. The molecule has 1 aromatic rings. The Bertz CT molecular complexity index is 482. The van der Waals surface area contributed by atoms with Crippen molar-refractivity contribution in [1.29, 1.82) is 0 Å². The molecule has 0 fully saturated rings. The number of carbonyl (C=O) groups excluding carboxylic acids is 1. The summed E-state index contributed by atoms with van der Waals surface area (Å²) in [5, 5.41) is 2.48. The van der Waals surface area contributed by atoms with E-state index in [4.69, 9.17) is 9.47 Å². The lowest BCUT2D eigenvalue weighted by Gasteiger charge is -2.12. The maximum absolute atomic E-state index is 12.1. The van der Waals surface area contributed by atoms with Crippen molar-refractivity contribution < 1.29 is 32.2 Å². The van der Waals surface area contributed by atoms with E-state index in [1.165, 1.54) is 19.2 Å². The molecule has 0 aliphatic heterocycles. The van der Waals surface area contributed by atoms with Crippen LogP contribution in [0.2, 0.25) is 0 Å². The van der Waals surface area contributed by atoms with E-state index in [0.29, 0.717) is 12.3 Å². The minimum absolute atomic E-state index is 0.0675. The summed E-state index contributed by atoms with van der Waals surface area (Å²) in [5.74, 6) is -0.820. The fraction of sp³-hybridized carbons (Fsp3) is 0.417. The van der Waals surface area contributed by atoms with Gasteiger partial charge in [-0.3, -0.25) is 4.79 Å². The molecule has 1 rings (SSSR count). The molecule has 1 N–H and O–H groups in total. The summed E-state index contributed by atoms with van der Waals surface area (Å²) in [6.07, 6.45) is -4.78. The SMILES string of the molecule is COCCOCC(=O)Nc1ccc(OC(F)(F)F)c(Br)c1. The van der Waals surface area contributed by atoms with Crippen LogP contribution in [0.5, 0.6) is 5.75 Å². The predicted molar refractivity (Wildman–Crippen MR) is 72.1 cm³/mol. The first kappa shape index (κ1) is 17.7. The monoisotopic (exact) mass is 371 g/mol. The van der Waals surface area contributed by atoms with Crippen LogP contribution in [0, 0.1) is 0 Å². The van der Waals surface area contributed by atoms with E-state index in [-0.39, 0.29) is 17.7 Å². The zero-order valence-corrected chi connectivity index (χ0v) is 12.6. The summed E-state index contributed by atoms with van der Waals surface area (Å²) < 4.78 is 49.9. The van der Waals surface area contributed by atoms with Crippen molar-refractivity contribution >= 4 is 27.5 Å². The fourth-order valence-electron chi connectivity index (χ4n) is 1.29. The number of halogens is 4. The van der Waals surface area contributed by atoms with Gasteiger partial charge in [0.15, 0.2) is 0 Å². The first-order chi connectivity index (χ1) is 9.81. The summed E-state index contributed by atoms with van der Waals surface area (Å²) in [7, 11) is 1.51. The zero-order chi connectivity index (χ0) is 15.9. The van der Waals surface area contributed by atoms with E-state index in [9.17, 15) is 18.0 Å². The summed E-state index contributed by atoms with van der Waals surface area (Å²) in [6, 6.07) is 3.69. The van der Waals surface area contributed by atoms with E-state index < -0.39 is 18.0 Å². The summed E-state index contributed by atoms with van der Waals surface area (Å²) in [4.78, 5) is 11.5. The molecule has 0 saturated carbocycles. The van der Waals surface area contributed by atoms with Crippen LogP contribution in [0.1, 0.15) is 0 Å². The van der Waals surface area contributed by atoms with Gasteiger partial charge in [0.1, 0.15) is 12.4 Å². The number of hydrogen-bond donors (Lipinski definition) is 1. The second-order valence-corrected chi connectivity index (χ2v) is 4.64. The number of methoxy groups -OCH3 is 1. The Labute approximate surface area is 127 Å². The Kier molecular flexibility index (Phi) is 6.93. The number of nitrogens with one attached hydrogen (secondary N) is 1. The number of ether oxygens (including phenoxy) is 3. The number of amides is 1. The van der Waals surface area contributed by atoms with E-state index in [2.05, 4.69) is 26.0 Å². The highest BCUT2D eigenvalue weighted by molar-refractivity contribution is 9.10. The second-order valence-electron chi connectivity index (χ2n) is 3.79. The number of anilines is 1. The lowest BCUT2D eigenvalue weighted by Crippen LogP contribution is -2.20. The second kappa shape index (κ2) is 8.20. The third-order valence-corrected chi connectivity index (χ3v) is 2.73. The van der Waals surface area contributed by atoms with Gasteiger partial charge in [0.05, 0.1) is 17.7 Å². The number of alkyl halides is 3. The van der Waals surface area contributed by atoms with Crippen LogP contribution in [0.4, 0.5) is 18.9 Å². The summed E-state index contributed by atoms with van der Waals surface area (Å²) in [6.45, 7) is 0.454. The first-order valence-electron chi connectivity index (χ1n) is 5.73. The quantitative estimate of drug-likeness (QED) is 0.748. The standard InChI is InChI=1S/C12H13BrF3NO4/c1-19-4-5-20-7-11(18)17-8-2-3-10(9(13)6-8)21-12(14,15)16/h2-3,6H,4-5,7H2,1H3,(H,17,18). The van der Waals surface area contributed by atoms with Crippen molar-refractivity contribution in [3.05, 3.63) is 22.7 Å². The molecular formula is C12H13BrF3NO4. The molecule has 0 spiro atoms. The molecular weight excluding hydrogens is 359 g/mol. The van der Waals surface area contributed by atoms with Crippen molar-refractivity contribution in [2.45, 2.75) is 6.36 Å². The minimum Gasteiger partial charge on any atom is -0.405 e. The van der Waals surface area contributed by atoms with Gasteiger partial charge < -0.3 is 19.5 Å². The van der Waals surface area contributed by atoms with Gasteiger partial charge in [0.25, 0.3) is 0 Å². The first-order valence-corrected chi connectivity index (χ1v) is 6.53. The molecule has 0 aliphatic rings. The Hall–Kier alpha value is -1.32. The van der Waals surface area contributed by atoms with Crippen molar-refractivity contribution in [2.24, 2.45) is 0 Å². The Balaban J connectivity index is 2.53. The van der Waals surface area contributed by atoms with Crippen molar-refractivity contribution in [2.75, 3.05) is 32.2 Å². The largest absolute Gasteiger partial charge is 0.573 e. The Morgan fingerprint density at radius 1 is 1.33 bits per heavy atom. The molecule has 0 saturated heterocycles. The molecule has 118 valence electrons. The molecule has 0 aliphatic carbocycles. The van der Waals surface area contributed by atoms with Crippen molar-refractivity contribution in [1.82, 2.24) is 0 Å². The lowest BCUT2D eigenvalue weighted by molar-refractivity contribution is -0.274. The van der Waals surface area contributed by atoms with Crippen LogP contribution in [0.25, 0.3) is 0 Å². The smallest absolute Gasteiger partial charge is 0.405 e. The topological polar surface area (TPSA) is 56.8 Å². The molecule has 0 heterocycles. The maximum Gasteiger partial charge on any atom is 0.573 e. The highest BCUT2D eigenvalue weighted by atomic mass is 79.9. The molecule has 1 amide bonds. The third-order valence-electron chi connectivity index (χ3n) is 2.11. The fourth-order valence-corrected chi connectivity index (χ4v) is 1.75. The molecule has 0 aromatic heterocycles. The molecule has 0 unspecified atom stereocenters. The van der Waals surface area contributed by atoms with Gasteiger partial charge in [0, 0.05) is 12.8 Å².